The van der Waals surface area contributed by atoms with Gasteiger partial charge in [-0.3, -0.25) is 4.79 Å². The normalized spacial score (nSPS) is 15.7. The highest BCUT2D eigenvalue weighted by atomic mass is 32.2. The summed E-state index contributed by atoms with van der Waals surface area (Å²) in [7, 11) is 0. The zero-order valence-corrected chi connectivity index (χ0v) is 16.6. The molecule has 0 bridgehead atoms. The largest absolute Gasteiger partial charge is 0.408 e. The Bertz CT molecular complexity index is 569. The van der Waals surface area contributed by atoms with Gasteiger partial charge in [-0.1, -0.05) is 51.3 Å². The van der Waals surface area contributed by atoms with Crippen molar-refractivity contribution in [1.29, 1.82) is 0 Å². The van der Waals surface area contributed by atoms with Gasteiger partial charge in [0.05, 0.1) is 0 Å². The number of hydrogen-bond donors (Lipinski definition) is 2. The average molecular weight is 383 g/mol. The molecule has 1 aromatic rings. The van der Waals surface area contributed by atoms with E-state index in [0.717, 1.165) is 19.3 Å². The van der Waals surface area contributed by atoms with E-state index in [-0.39, 0.29) is 17.7 Å². The van der Waals surface area contributed by atoms with Gasteiger partial charge >= 0.3 is 6.03 Å². The van der Waals surface area contributed by atoms with Gasteiger partial charge in [0, 0.05) is 24.8 Å². The molecule has 1 aliphatic rings. The van der Waals surface area contributed by atoms with Crippen LogP contribution in [0.1, 0.15) is 75.9 Å². The van der Waals surface area contributed by atoms with Gasteiger partial charge in [0.1, 0.15) is 0 Å². The second-order valence-electron chi connectivity index (χ2n) is 7.17. The van der Waals surface area contributed by atoms with Crippen LogP contribution in [0.2, 0.25) is 0 Å². The van der Waals surface area contributed by atoms with Crippen LogP contribution in [0.25, 0.3) is 0 Å². The average Bonchev–Trinajstić information content (AvgIpc) is 2.94. The lowest BCUT2D eigenvalue weighted by molar-refractivity contribution is 0.0936. The Hall–Kier alpha value is -1.57. The van der Waals surface area contributed by atoms with E-state index < -0.39 is 0 Å². The van der Waals surface area contributed by atoms with E-state index in [1.165, 1.54) is 37.4 Å². The molecular formula is C18H30N4O3S. The third-order valence-electron chi connectivity index (χ3n) is 4.40. The number of rotatable bonds is 9. The Morgan fingerprint density at radius 3 is 2.62 bits per heavy atom. The molecule has 0 aromatic carbocycles. The zero-order chi connectivity index (χ0) is 18.8. The number of nitrogens with zero attached hydrogens (tertiary/aromatic N) is 2. The van der Waals surface area contributed by atoms with E-state index >= 15 is 0 Å². The van der Waals surface area contributed by atoms with Gasteiger partial charge in [0.25, 0.3) is 11.1 Å². The number of aromatic nitrogens is 2. The Balaban J connectivity index is 1.62. The van der Waals surface area contributed by atoms with Crippen molar-refractivity contribution in [3.8, 4) is 0 Å². The van der Waals surface area contributed by atoms with E-state index in [1.54, 1.807) is 0 Å². The summed E-state index contributed by atoms with van der Waals surface area (Å²) in [6, 6.07) is 0.174. The van der Waals surface area contributed by atoms with Crippen molar-refractivity contribution in [2.45, 2.75) is 76.5 Å². The van der Waals surface area contributed by atoms with Crippen molar-refractivity contribution in [3.05, 3.63) is 5.89 Å². The van der Waals surface area contributed by atoms with E-state index in [9.17, 15) is 9.59 Å². The number of urea groups is 1. The summed E-state index contributed by atoms with van der Waals surface area (Å²) in [5.74, 6) is 1.04. The van der Waals surface area contributed by atoms with Crippen LogP contribution in [0.15, 0.2) is 9.64 Å². The van der Waals surface area contributed by atoms with E-state index in [4.69, 9.17) is 4.42 Å². The number of hydrogen-bond acceptors (Lipinski definition) is 6. The summed E-state index contributed by atoms with van der Waals surface area (Å²) in [4.78, 5) is 23.9. The quantitative estimate of drug-likeness (QED) is 0.292. The van der Waals surface area contributed by atoms with Crippen molar-refractivity contribution in [2.24, 2.45) is 5.92 Å². The minimum atomic E-state index is -0.118. The minimum Gasteiger partial charge on any atom is -0.408 e. The van der Waals surface area contributed by atoms with Crippen molar-refractivity contribution < 1.29 is 14.0 Å². The van der Waals surface area contributed by atoms with Crippen LogP contribution in [-0.2, 0) is 0 Å². The molecule has 0 unspecified atom stereocenters. The summed E-state index contributed by atoms with van der Waals surface area (Å²) in [6.07, 6.45) is 8.28. The van der Waals surface area contributed by atoms with Crippen LogP contribution >= 0.6 is 11.8 Å². The summed E-state index contributed by atoms with van der Waals surface area (Å²) in [6.45, 7) is 4.64. The van der Waals surface area contributed by atoms with Crippen LogP contribution in [0.3, 0.4) is 0 Å². The first-order chi connectivity index (χ1) is 12.5. The maximum Gasteiger partial charge on any atom is 0.315 e. The molecular weight excluding hydrogens is 352 g/mol. The Kier molecular flexibility index (Phi) is 8.94. The molecule has 0 saturated heterocycles. The maximum atomic E-state index is 11.9. The lowest BCUT2D eigenvalue weighted by Gasteiger charge is -2.16. The fraction of sp³-hybridized carbons (Fsp3) is 0.778. The maximum absolute atomic E-state index is 11.9. The van der Waals surface area contributed by atoms with Gasteiger partial charge in [-0.2, -0.15) is 0 Å². The first-order valence-corrected chi connectivity index (χ1v) is 10.6. The Labute approximate surface area is 159 Å². The summed E-state index contributed by atoms with van der Waals surface area (Å²) < 4.78 is 5.38. The van der Waals surface area contributed by atoms with Crippen LogP contribution < -0.4 is 10.6 Å². The molecule has 1 aromatic heterocycles. The van der Waals surface area contributed by atoms with Crippen LogP contribution in [0.5, 0.6) is 0 Å². The molecule has 2 N–H and O–H groups in total. The number of Topliss-reactive ketones (excluding diaryl/α,β-unsaturated/α-hetero) is 1. The number of carbonyl (C=O) groups is 2. The number of amides is 2. The van der Waals surface area contributed by atoms with E-state index in [1.807, 2.05) is 0 Å². The standard InChI is InChI=1S/C18H30N4O3S/c1-13(2)9-10-15(23)16-21-22-18(25-16)26-12-11-19-17(24)20-14-7-5-3-4-6-8-14/h13-14H,3-12H2,1-2H3,(H2,19,20,24). The van der Waals surface area contributed by atoms with Crippen molar-refractivity contribution in [3.63, 3.8) is 0 Å². The summed E-state index contributed by atoms with van der Waals surface area (Å²) in [5.41, 5.74) is 0. The minimum absolute atomic E-state index is 0.0761. The Morgan fingerprint density at radius 1 is 1.19 bits per heavy atom. The molecule has 146 valence electrons. The second kappa shape index (κ2) is 11.2. The first-order valence-electron chi connectivity index (χ1n) is 9.58. The molecule has 0 aliphatic heterocycles. The number of ketones is 1. The van der Waals surface area contributed by atoms with Gasteiger partial charge in [-0.15, -0.1) is 10.2 Å². The second-order valence-corrected chi connectivity index (χ2v) is 8.21. The lowest BCUT2D eigenvalue weighted by Crippen LogP contribution is -2.42. The molecule has 1 heterocycles. The third-order valence-corrected chi connectivity index (χ3v) is 5.22. The molecule has 0 spiro atoms. The topological polar surface area (TPSA) is 97.1 Å². The summed E-state index contributed by atoms with van der Waals surface area (Å²) in [5, 5.41) is 14.0. The van der Waals surface area contributed by atoms with Gasteiger partial charge < -0.3 is 15.1 Å². The van der Waals surface area contributed by atoms with E-state index in [0.29, 0.717) is 35.9 Å². The highest BCUT2D eigenvalue weighted by Gasteiger charge is 2.16. The van der Waals surface area contributed by atoms with Gasteiger partial charge in [0.2, 0.25) is 5.78 Å². The lowest BCUT2D eigenvalue weighted by atomic mass is 10.1. The number of nitrogens with one attached hydrogen (secondary N) is 2. The molecule has 2 rings (SSSR count). The predicted molar refractivity (Wildman–Crippen MR) is 101 cm³/mol. The molecule has 7 nitrogen and oxygen atoms in total. The molecule has 1 fully saturated rings. The monoisotopic (exact) mass is 382 g/mol. The summed E-state index contributed by atoms with van der Waals surface area (Å²) >= 11 is 1.34. The third kappa shape index (κ3) is 7.76. The molecule has 0 radical (unpaired) electrons. The number of carbonyl (C=O) groups excluding carboxylic acids is 2. The fourth-order valence-electron chi connectivity index (χ4n) is 2.87. The highest BCUT2D eigenvalue weighted by molar-refractivity contribution is 7.99. The van der Waals surface area contributed by atoms with Crippen LogP contribution in [-0.4, -0.2) is 40.4 Å². The smallest absolute Gasteiger partial charge is 0.315 e. The van der Waals surface area contributed by atoms with Crippen molar-refractivity contribution in [2.75, 3.05) is 12.3 Å². The molecule has 1 saturated carbocycles. The van der Waals surface area contributed by atoms with Gasteiger partial charge in [-0.05, 0) is 25.2 Å². The fourth-order valence-corrected chi connectivity index (χ4v) is 3.49. The van der Waals surface area contributed by atoms with E-state index in [2.05, 4.69) is 34.7 Å². The van der Waals surface area contributed by atoms with Crippen LogP contribution in [0, 0.1) is 5.92 Å². The molecule has 0 atom stereocenters. The molecule has 1 aliphatic carbocycles. The molecule has 2 amide bonds. The first kappa shape index (κ1) is 20.7. The van der Waals surface area contributed by atoms with Gasteiger partial charge in [0.15, 0.2) is 0 Å². The van der Waals surface area contributed by atoms with Crippen LogP contribution in [0.4, 0.5) is 4.79 Å². The predicted octanol–water partition coefficient (Wildman–Crippen LogP) is 3.80. The number of thioether (sulfide) groups is 1. The van der Waals surface area contributed by atoms with Crippen molar-refractivity contribution in [1.82, 2.24) is 20.8 Å². The highest BCUT2D eigenvalue weighted by Crippen LogP contribution is 2.18. The van der Waals surface area contributed by atoms with Crippen molar-refractivity contribution >= 4 is 23.6 Å². The molecule has 26 heavy (non-hydrogen) atoms. The molecule has 8 heteroatoms. The zero-order valence-electron chi connectivity index (χ0n) is 15.8. The SMILES string of the molecule is CC(C)CCC(=O)c1nnc(SCCNC(=O)NC2CCCCCC2)o1. The van der Waals surface area contributed by atoms with Gasteiger partial charge in [-0.25, -0.2) is 4.79 Å². The Morgan fingerprint density at radius 2 is 1.92 bits per heavy atom.